The van der Waals surface area contributed by atoms with E-state index in [4.69, 9.17) is 14.5 Å². The molecule has 160 valence electrons. The number of aliphatic imine (C=N–C) groups is 1. The van der Waals surface area contributed by atoms with Crippen molar-refractivity contribution < 1.29 is 9.47 Å². The molecule has 0 spiro atoms. The van der Waals surface area contributed by atoms with E-state index in [2.05, 4.69) is 55.4 Å². The molecule has 7 heteroatoms. The highest BCUT2D eigenvalue weighted by Gasteiger charge is 2.21. The second-order valence-corrected chi connectivity index (χ2v) is 7.54. The van der Waals surface area contributed by atoms with E-state index in [0.29, 0.717) is 12.5 Å². The molecule has 1 saturated heterocycles. The van der Waals surface area contributed by atoms with Gasteiger partial charge in [0.25, 0.3) is 0 Å². The van der Waals surface area contributed by atoms with Crippen LogP contribution in [0.5, 0.6) is 5.75 Å². The van der Waals surface area contributed by atoms with Gasteiger partial charge in [-0.3, -0.25) is 4.90 Å². The summed E-state index contributed by atoms with van der Waals surface area (Å²) in [5.41, 5.74) is 2.27. The number of benzene rings is 1. The highest BCUT2D eigenvalue weighted by atomic mass is 127. The van der Waals surface area contributed by atoms with Crippen LogP contribution in [0.25, 0.3) is 0 Å². The minimum atomic E-state index is 0. The first-order valence-corrected chi connectivity index (χ1v) is 10.0. The van der Waals surface area contributed by atoms with Gasteiger partial charge in [0.15, 0.2) is 5.96 Å². The fourth-order valence-corrected chi connectivity index (χ4v) is 3.29. The highest BCUT2D eigenvalue weighted by Crippen LogP contribution is 2.20. The standard InChI is InChI=1S/C21H36N4O2.HI/c1-6-22-21(23-12-18-8-7-17(4)11-20(18)26-5)24-13-19-15-25(9-10-27-19)14-16(2)3;/h7-8,11,16,19H,6,9-10,12-15H2,1-5H3,(H2,22,23,24);1H. The van der Waals surface area contributed by atoms with Gasteiger partial charge in [0.2, 0.25) is 0 Å². The number of aryl methyl sites for hydroxylation is 1. The first-order valence-electron chi connectivity index (χ1n) is 10.0. The van der Waals surface area contributed by atoms with Crippen LogP contribution in [0.3, 0.4) is 0 Å². The van der Waals surface area contributed by atoms with Crippen LogP contribution in [-0.4, -0.2) is 63.4 Å². The smallest absolute Gasteiger partial charge is 0.191 e. The molecular weight excluding hydrogens is 467 g/mol. The normalized spacial score (nSPS) is 17.9. The van der Waals surface area contributed by atoms with Crippen LogP contribution < -0.4 is 15.4 Å². The molecule has 0 saturated carbocycles. The lowest BCUT2D eigenvalue weighted by Gasteiger charge is -2.34. The minimum Gasteiger partial charge on any atom is -0.496 e. The molecule has 6 nitrogen and oxygen atoms in total. The number of hydrogen-bond acceptors (Lipinski definition) is 4. The van der Waals surface area contributed by atoms with Crippen molar-refractivity contribution in [3.63, 3.8) is 0 Å². The van der Waals surface area contributed by atoms with Gasteiger partial charge in [0.1, 0.15) is 5.75 Å². The van der Waals surface area contributed by atoms with Crippen molar-refractivity contribution in [2.24, 2.45) is 10.9 Å². The van der Waals surface area contributed by atoms with Gasteiger partial charge in [-0.05, 0) is 31.4 Å². The Hall–Kier alpha value is -1.06. The zero-order valence-electron chi connectivity index (χ0n) is 18.0. The van der Waals surface area contributed by atoms with E-state index in [9.17, 15) is 0 Å². The lowest BCUT2D eigenvalue weighted by Crippen LogP contribution is -2.50. The molecule has 0 aromatic heterocycles. The molecule has 0 radical (unpaired) electrons. The summed E-state index contributed by atoms with van der Waals surface area (Å²) in [5, 5.41) is 6.74. The Balaban J connectivity index is 0.00000392. The first kappa shape index (κ1) is 25.0. The summed E-state index contributed by atoms with van der Waals surface area (Å²) in [7, 11) is 1.70. The summed E-state index contributed by atoms with van der Waals surface area (Å²) in [5.74, 6) is 2.37. The molecular formula is C21H37IN4O2. The van der Waals surface area contributed by atoms with Crippen molar-refractivity contribution in [2.45, 2.75) is 40.3 Å². The second kappa shape index (κ2) is 13.2. The third kappa shape index (κ3) is 8.53. The average Bonchev–Trinajstić information content (AvgIpc) is 2.64. The molecule has 28 heavy (non-hydrogen) atoms. The Bertz CT molecular complexity index is 610. The maximum Gasteiger partial charge on any atom is 0.191 e. The number of nitrogens with zero attached hydrogens (tertiary/aromatic N) is 2. The summed E-state index contributed by atoms with van der Waals surface area (Å²) in [6.07, 6.45) is 0.190. The Morgan fingerprint density at radius 1 is 1.36 bits per heavy atom. The van der Waals surface area contributed by atoms with Crippen LogP contribution in [-0.2, 0) is 11.3 Å². The van der Waals surface area contributed by atoms with Crippen molar-refractivity contribution >= 4 is 29.9 Å². The molecule has 1 unspecified atom stereocenters. The predicted octanol–water partition coefficient (Wildman–Crippen LogP) is 3.03. The van der Waals surface area contributed by atoms with Crippen molar-refractivity contribution in [3.05, 3.63) is 29.3 Å². The largest absolute Gasteiger partial charge is 0.496 e. The van der Waals surface area contributed by atoms with Crippen LogP contribution in [0.1, 0.15) is 31.9 Å². The molecule has 1 aliphatic heterocycles. The summed E-state index contributed by atoms with van der Waals surface area (Å²) in [4.78, 5) is 7.21. The topological polar surface area (TPSA) is 58.1 Å². The molecule has 1 aromatic rings. The fourth-order valence-electron chi connectivity index (χ4n) is 3.29. The van der Waals surface area contributed by atoms with Gasteiger partial charge >= 0.3 is 0 Å². The van der Waals surface area contributed by atoms with Gasteiger partial charge < -0.3 is 20.1 Å². The van der Waals surface area contributed by atoms with Gasteiger partial charge in [-0.15, -0.1) is 24.0 Å². The van der Waals surface area contributed by atoms with Gasteiger partial charge in [0.05, 0.1) is 26.4 Å². The molecule has 2 rings (SSSR count). The van der Waals surface area contributed by atoms with E-state index in [1.807, 2.05) is 6.07 Å². The predicted molar refractivity (Wildman–Crippen MR) is 127 cm³/mol. The van der Waals surface area contributed by atoms with Gasteiger partial charge in [0, 0.05) is 38.3 Å². The fraction of sp³-hybridized carbons (Fsp3) is 0.667. The van der Waals surface area contributed by atoms with Crippen LogP contribution >= 0.6 is 24.0 Å². The van der Waals surface area contributed by atoms with E-state index < -0.39 is 0 Å². The summed E-state index contributed by atoms with van der Waals surface area (Å²) in [6, 6.07) is 6.21. The van der Waals surface area contributed by atoms with E-state index in [-0.39, 0.29) is 30.1 Å². The quantitative estimate of drug-likeness (QED) is 0.324. The summed E-state index contributed by atoms with van der Waals surface area (Å²) >= 11 is 0. The first-order chi connectivity index (χ1) is 13.0. The highest BCUT2D eigenvalue weighted by molar-refractivity contribution is 14.0. The van der Waals surface area contributed by atoms with Crippen molar-refractivity contribution in [1.82, 2.24) is 15.5 Å². The van der Waals surface area contributed by atoms with E-state index in [1.165, 1.54) is 5.56 Å². The number of methoxy groups -OCH3 is 1. The van der Waals surface area contributed by atoms with Crippen LogP contribution in [0, 0.1) is 12.8 Å². The second-order valence-electron chi connectivity index (χ2n) is 7.54. The zero-order chi connectivity index (χ0) is 19.6. The third-order valence-electron chi connectivity index (χ3n) is 4.54. The number of nitrogens with one attached hydrogen (secondary N) is 2. The van der Waals surface area contributed by atoms with Crippen LogP contribution in [0.2, 0.25) is 0 Å². The number of guanidine groups is 1. The number of rotatable bonds is 8. The Labute approximate surface area is 187 Å². The Morgan fingerprint density at radius 3 is 2.82 bits per heavy atom. The van der Waals surface area contributed by atoms with Gasteiger partial charge in [-0.1, -0.05) is 26.0 Å². The maximum absolute atomic E-state index is 5.92. The lowest BCUT2D eigenvalue weighted by molar-refractivity contribution is -0.0284. The molecule has 0 bridgehead atoms. The van der Waals surface area contributed by atoms with Crippen LogP contribution in [0.4, 0.5) is 0 Å². The average molecular weight is 504 g/mol. The van der Waals surface area contributed by atoms with E-state index in [1.54, 1.807) is 7.11 Å². The van der Waals surface area contributed by atoms with Crippen molar-refractivity contribution in [2.75, 3.05) is 46.4 Å². The molecule has 1 atom stereocenters. The zero-order valence-corrected chi connectivity index (χ0v) is 20.3. The molecule has 0 amide bonds. The van der Waals surface area contributed by atoms with Crippen molar-refractivity contribution in [3.8, 4) is 5.75 Å². The molecule has 2 N–H and O–H groups in total. The number of morpholine rings is 1. The molecule has 1 fully saturated rings. The van der Waals surface area contributed by atoms with Crippen molar-refractivity contribution in [1.29, 1.82) is 0 Å². The Morgan fingerprint density at radius 2 is 2.14 bits per heavy atom. The molecule has 0 aliphatic carbocycles. The van der Waals surface area contributed by atoms with Gasteiger partial charge in [-0.25, -0.2) is 4.99 Å². The summed E-state index contributed by atoms with van der Waals surface area (Å²) < 4.78 is 11.4. The Kier molecular flexibility index (Phi) is 11.8. The molecule has 1 aliphatic rings. The lowest BCUT2D eigenvalue weighted by atomic mass is 10.1. The minimum absolute atomic E-state index is 0. The SMILES string of the molecule is CCNC(=NCc1ccc(C)cc1OC)NCC1CN(CC(C)C)CCO1.I. The van der Waals surface area contributed by atoms with Gasteiger partial charge in [-0.2, -0.15) is 0 Å². The number of halogens is 1. The number of ether oxygens (including phenoxy) is 2. The van der Waals surface area contributed by atoms with E-state index in [0.717, 1.165) is 56.6 Å². The number of hydrogen-bond donors (Lipinski definition) is 2. The van der Waals surface area contributed by atoms with Crippen LogP contribution in [0.15, 0.2) is 23.2 Å². The molecule has 1 aromatic carbocycles. The molecule has 1 heterocycles. The third-order valence-corrected chi connectivity index (χ3v) is 4.54. The maximum atomic E-state index is 5.92. The van der Waals surface area contributed by atoms with E-state index >= 15 is 0 Å². The summed E-state index contributed by atoms with van der Waals surface area (Å²) in [6.45, 7) is 14.7. The monoisotopic (exact) mass is 504 g/mol.